The van der Waals surface area contributed by atoms with Gasteiger partial charge in [-0.25, -0.2) is 14.8 Å². The normalized spacial score (nSPS) is 21.4. The van der Waals surface area contributed by atoms with Crippen molar-refractivity contribution in [2.45, 2.75) is 37.9 Å². The standard InChI is InChI=1S/C27H29N5O3S/c1-35-27(34)19-7-10-24(28-13-19)31-14-20-8-9-21(15-31)32(20)17-25(33)30-12-11-22-23(16-30)36-26(29-22)18-5-3-2-4-6-18/h2-7,10,13,20-21H,8-9,11-12,14-17H2,1H3. The molecule has 2 aromatic heterocycles. The molecule has 0 radical (unpaired) electrons. The van der Waals surface area contributed by atoms with Crippen molar-refractivity contribution in [3.63, 3.8) is 0 Å². The summed E-state index contributed by atoms with van der Waals surface area (Å²) in [6.45, 7) is 3.54. The van der Waals surface area contributed by atoms with Crippen molar-refractivity contribution in [1.29, 1.82) is 0 Å². The summed E-state index contributed by atoms with van der Waals surface area (Å²) in [4.78, 5) is 42.3. The molecular formula is C27H29N5O3S. The van der Waals surface area contributed by atoms with Crippen LogP contribution in [-0.4, -0.2) is 77.0 Å². The SMILES string of the molecule is COC(=O)c1ccc(N2CC3CCC(C2)N3CC(=O)N2CCc3nc(-c4ccccc4)sc3C2)nc1. The second kappa shape index (κ2) is 9.63. The topological polar surface area (TPSA) is 78.9 Å². The number of ether oxygens (including phenoxy) is 1. The highest BCUT2D eigenvalue weighted by molar-refractivity contribution is 7.15. The average molecular weight is 504 g/mol. The van der Waals surface area contributed by atoms with Crippen molar-refractivity contribution in [1.82, 2.24) is 19.8 Å². The van der Waals surface area contributed by atoms with E-state index in [4.69, 9.17) is 9.72 Å². The number of nitrogens with zero attached hydrogens (tertiary/aromatic N) is 5. The Balaban J connectivity index is 1.09. The Morgan fingerprint density at radius 1 is 1.08 bits per heavy atom. The molecule has 6 rings (SSSR count). The lowest BCUT2D eigenvalue weighted by molar-refractivity contribution is -0.134. The number of methoxy groups -OCH3 is 1. The van der Waals surface area contributed by atoms with E-state index in [-0.39, 0.29) is 11.9 Å². The lowest BCUT2D eigenvalue weighted by Gasteiger charge is -2.42. The van der Waals surface area contributed by atoms with E-state index in [9.17, 15) is 9.59 Å². The number of hydrogen-bond acceptors (Lipinski definition) is 8. The molecule has 36 heavy (non-hydrogen) atoms. The molecule has 2 unspecified atom stereocenters. The van der Waals surface area contributed by atoms with Crippen molar-refractivity contribution in [3.05, 3.63) is 64.8 Å². The molecule has 0 saturated carbocycles. The summed E-state index contributed by atoms with van der Waals surface area (Å²) in [6.07, 6.45) is 4.58. The van der Waals surface area contributed by atoms with E-state index in [0.29, 0.717) is 30.7 Å². The van der Waals surface area contributed by atoms with Crippen LogP contribution in [0.3, 0.4) is 0 Å². The molecular weight excluding hydrogens is 474 g/mol. The largest absolute Gasteiger partial charge is 0.465 e. The Bertz CT molecular complexity index is 1250. The van der Waals surface area contributed by atoms with Gasteiger partial charge in [0.25, 0.3) is 0 Å². The van der Waals surface area contributed by atoms with Gasteiger partial charge in [0, 0.05) is 54.8 Å². The van der Waals surface area contributed by atoms with Crippen molar-refractivity contribution in [3.8, 4) is 10.6 Å². The minimum Gasteiger partial charge on any atom is -0.465 e. The molecule has 0 spiro atoms. The first-order valence-corrected chi connectivity index (χ1v) is 13.3. The Kier molecular flexibility index (Phi) is 6.18. The van der Waals surface area contributed by atoms with Gasteiger partial charge in [0.2, 0.25) is 5.91 Å². The van der Waals surface area contributed by atoms with Crippen LogP contribution in [0.15, 0.2) is 48.7 Å². The maximum absolute atomic E-state index is 13.4. The number of hydrogen-bond donors (Lipinski definition) is 0. The minimum atomic E-state index is -0.378. The first kappa shape index (κ1) is 23.1. The van der Waals surface area contributed by atoms with Gasteiger partial charge in [-0.15, -0.1) is 11.3 Å². The van der Waals surface area contributed by atoms with E-state index in [1.807, 2.05) is 29.2 Å². The summed E-state index contributed by atoms with van der Waals surface area (Å²) in [7, 11) is 1.37. The number of rotatable bonds is 5. The van der Waals surface area contributed by atoms with Crippen LogP contribution in [0, 0.1) is 0 Å². The van der Waals surface area contributed by atoms with Gasteiger partial charge in [-0.3, -0.25) is 9.69 Å². The molecule has 2 saturated heterocycles. The van der Waals surface area contributed by atoms with Crippen LogP contribution in [0.25, 0.3) is 10.6 Å². The summed E-state index contributed by atoms with van der Waals surface area (Å²) in [5.41, 5.74) is 2.73. The van der Waals surface area contributed by atoms with E-state index < -0.39 is 0 Å². The van der Waals surface area contributed by atoms with E-state index >= 15 is 0 Å². The van der Waals surface area contributed by atoms with E-state index in [1.54, 1.807) is 23.6 Å². The quantitative estimate of drug-likeness (QED) is 0.495. The molecule has 1 aromatic carbocycles. The maximum Gasteiger partial charge on any atom is 0.339 e. The summed E-state index contributed by atoms with van der Waals surface area (Å²) in [5, 5.41) is 1.04. The third-order valence-corrected chi connectivity index (χ3v) is 8.68. The zero-order valence-electron chi connectivity index (χ0n) is 20.3. The first-order chi connectivity index (χ1) is 17.6. The van der Waals surface area contributed by atoms with E-state index in [2.05, 4.69) is 26.9 Å². The molecule has 0 N–H and O–H groups in total. The molecule has 9 heteroatoms. The van der Waals surface area contributed by atoms with E-state index in [0.717, 1.165) is 61.0 Å². The monoisotopic (exact) mass is 503 g/mol. The van der Waals surface area contributed by atoms with Crippen LogP contribution in [0.4, 0.5) is 5.82 Å². The number of benzene rings is 1. The van der Waals surface area contributed by atoms with Crippen LogP contribution in [0.5, 0.6) is 0 Å². The Labute approximate surface area is 214 Å². The Hall–Kier alpha value is -3.30. The lowest BCUT2D eigenvalue weighted by Crippen LogP contribution is -2.56. The Morgan fingerprint density at radius 2 is 1.86 bits per heavy atom. The zero-order valence-corrected chi connectivity index (χ0v) is 21.1. The molecule has 3 aliphatic rings. The van der Waals surface area contributed by atoms with Crippen molar-refractivity contribution in [2.75, 3.05) is 38.2 Å². The predicted molar refractivity (Wildman–Crippen MR) is 138 cm³/mol. The fourth-order valence-electron chi connectivity index (χ4n) is 5.62. The summed E-state index contributed by atoms with van der Waals surface area (Å²) < 4.78 is 4.77. The van der Waals surface area contributed by atoms with Crippen molar-refractivity contribution < 1.29 is 14.3 Å². The summed E-state index contributed by atoms with van der Waals surface area (Å²) >= 11 is 1.71. The van der Waals surface area contributed by atoms with Crippen LogP contribution in [0.2, 0.25) is 0 Å². The van der Waals surface area contributed by atoms with Gasteiger partial charge >= 0.3 is 5.97 Å². The summed E-state index contributed by atoms with van der Waals surface area (Å²) in [5.74, 6) is 0.701. The summed E-state index contributed by atoms with van der Waals surface area (Å²) in [6, 6.07) is 14.6. The predicted octanol–water partition coefficient (Wildman–Crippen LogP) is 3.23. The molecule has 1 amide bonds. The molecule has 8 nitrogen and oxygen atoms in total. The number of carbonyl (C=O) groups excluding carboxylic acids is 2. The number of piperazine rings is 1. The number of anilines is 1. The molecule has 3 aromatic rings. The third-order valence-electron chi connectivity index (χ3n) is 7.55. The van der Waals surface area contributed by atoms with Crippen LogP contribution < -0.4 is 4.90 Å². The molecule has 186 valence electrons. The van der Waals surface area contributed by atoms with Gasteiger partial charge in [0.1, 0.15) is 10.8 Å². The molecule has 2 atom stereocenters. The highest BCUT2D eigenvalue weighted by atomic mass is 32.1. The molecule has 2 bridgehead atoms. The van der Waals surface area contributed by atoms with Gasteiger partial charge < -0.3 is 14.5 Å². The number of amides is 1. The van der Waals surface area contributed by atoms with Gasteiger partial charge in [-0.1, -0.05) is 30.3 Å². The van der Waals surface area contributed by atoms with Gasteiger partial charge in [0.15, 0.2) is 0 Å². The highest BCUT2D eigenvalue weighted by Crippen LogP contribution is 2.34. The zero-order chi connectivity index (χ0) is 24.6. The smallest absolute Gasteiger partial charge is 0.339 e. The second-order valence-corrected chi connectivity index (χ2v) is 10.8. The first-order valence-electron chi connectivity index (χ1n) is 12.5. The number of pyridine rings is 1. The molecule has 2 fully saturated rings. The third kappa shape index (κ3) is 4.37. The number of esters is 1. The number of fused-ring (bicyclic) bond motifs is 3. The highest BCUT2D eigenvalue weighted by Gasteiger charge is 2.41. The fourth-order valence-corrected chi connectivity index (χ4v) is 6.74. The fraction of sp³-hybridized carbons (Fsp3) is 0.407. The molecule has 5 heterocycles. The second-order valence-electron chi connectivity index (χ2n) is 9.68. The average Bonchev–Trinajstić information content (AvgIpc) is 3.44. The van der Waals surface area contributed by atoms with Crippen molar-refractivity contribution in [2.24, 2.45) is 0 Å². The maximum atomic E-state index is 13.4. The number of carbonyl (C=O) groups is 2. The molecule has 3 aliphatic heterocycles. The van der Waals surface area contributed by atoms with Gasteiger partial charge in [-0.2, -0.15) is 0 Å². The van der Waals surface area contributed by atoms with Crippen LogP contribution >= 0.6 is 11.3 Å². The number of thiazole rings is 1. The van der Waals surface area contributed by atoms with Crippen molar-refractivity contribution >= 4 is 29.0 Å². The van der Waals surface area contributed by atoms with E-state index in [1.165, 1.54) is 12.0 Å². The lowest BCUT2D eigenvalue weighted by atomic mass is 10.1. The Morgan fingerprint density at radius 3 is 2.56 bits per heavy atom. The number of aromatic nitrogens is 2. The van der Waals surface area contributed by atoms with Gasteiger partial charge in [0.05, 0.1) is 31.5 Å². The van der Waals surface area contributed by atoms with Crippen LogP contribution in [0.1, 0.15) is 33.8 Å². The molecule has 0 aliphatic carbocycles. The van der Waals surface area contributed by atoms with Gasteiger partial charge in [-0.05, 0) is 25.0 Å². The van der Waals surface area contributed by atoms with Crippen LogP contribution in [-0.2, 0) is 22.5 Å². The minimum absolute atomic E-state index is 0.209.